The van der Waals surface area contributed by atoms with Crippen molar-refractivity contribution in [2.45, 2.75) is 12.6 Å². The summed E-state index contributed by atoms with van der Waals surface area (Å²) in [6, 6.07) is 20.4. The molecule has 0 radical (unpaired) electrons. The van der Waals surface area contributed by atoms with Gasteiger partial charge in [0, 0.05) is 0 Å². The van der Waals surface area contributed by atoms with E-state index in [4.69, 9.17) is 10.00 Å². The molecule has 0 aliphatic heterocycles. The minimum absolute atomic E-state index is 0. The molecule has 2 aromatic rings. The highest BCUT2D eigenvalue weighted by molar-refractivity contribution is 5.85. The zero-order valence-corrected chi connectivity index (χ0v) is 12.8. The number of nitrogens with one attached hydrogen (secondary N) is 1. The van der Waals surface area contributed by atoms with Crippen molar-refractivity contribution in [3.63, 3.8) is 0 Å². The molecule has 22 heavy (non-hydrogen) atoms. The molecule has 2 rings (SSSR count). The number of carbonyl (C=O) groups is 1. The van der Waals surface area contributed by atoms with Gasteiger partial charge in [-0.3, -0.25) is 10.1 Å². The quantitative estimate of drug-likeness (QED) is 0.832. The largest absolute Gasteiger partial charge is 0.460 e. The summed E-state index contributed by atoms with van der Waals surface area (Å²) in [5.74, 6) is -0.380. The lowest BCUT2D eigenvalue weighted by Crippen LogP contribution is -2.28. The Morgan fingerprint density at radius 1 is 1.09 bits per heavy atom. The van der Waals surface area contributed by atoms with Crippen molar-refractivity contribution in [2.24, 2.45) is 0 Å². The lowest BCUT2D eigenvalue weighted by Gasteiger charge is -2.11. The predicted molar refractivity (Wildman–Crippen MR) is 86.3 cm³/mol. The molecule has 0 aliphatic rings. The van der Waals surface area contributed by atoms with E-state index in [1.165, 1.54) is 0 Å². The first-order valence-electron chi connectivity index (χ1n) is 6.67. The molecule has 0 fully saturated rings. The van der Waals surface area contributed by atoms with Gasteiger partial charge >= 0.3 is 5.97 Å². The molecule has 0 amide bonds. The minimum Gasteiger partial charge on any atom is -0.460 e. The molecule has 0 saturated heterocycles. The second kappa shape index (κ2) is 9.56. The number of ether oxygens (including phenoxy) is 1. The maximum Gasteiger partial charge on any atom is 0.320 e. The number of halogens is 1. The van der Waals surface area contributed by atoms with Gasteiger partial charge in [0.2, 0.25) is 0 Å². The van der Waals surface area contributed by atoms with E-state index in [0.29, 0.717) is 0 Å². The van der Waals surface area contributed by atoms with Gasteiger partial charge in [-0.25, -0.2) is 0 Å². The van der Waals surface area contributed by atoms with Gasteiger partial charge in [0.1, 0.15) is 12.6 Å². The Labute approximate surface area is 136 Å². The van der Waals surface area contributed by atoms with Crippen molar-refractivity contribution in [3.05, 3.63) is 71.8 Å². The maximum absolute atomic E-state index is 11.7. The van der Waals surface area contributed by atoms with Crippen LogP contribution in [0, 0.1) is 11.3 Å². The fourth-order valence-electron chi connectivity index (χ4n) is 1.86. The highest BCUT2D eigenvalue weighted by atomic mass is 35.5. The van der Waals surface area contributed by atoms with E-state index in [2.05, 4.69) is 11.4 Å². The van der Waals surface area contributed by atoms with Gasteiger partial charge in [-0.15, -0.1) is 12.4 Å². The van der Waals surface area contributed by atoms with Crippen LogP contribution in [0.25, 0.3) is 0 Å². The molecule has 0 heterocycles. The average molecular weight is 317 g/mol. The van der Waals surface area contributed by atoms with Gasteiger partial charge in [-0.05, 0) is 11.1 Å². The first-order valence-corrected chi connectivity index (χ1v) is 6.67. The molecule has 1 atom stereocenters. The van der Waals surface area contributed by atoms with E-state index < -0.39 is 6.04 Å². The van der Waals surface area contributed by atoms with Gasteiger partial charge in [-0.2, -0.15) is 5.26 Å². The molecule has 114 valence electrons. The Bertz CT molecular complexity index is 612. The van der Waals surface area contributed by atoms with Gasteiger partial charge < -0.3 is 4.74 Å². The highest BCUT2D eigenvalue weighted by Crippen LogP contribution is 2.10. The second-order valence-corrected chi connectivity index (χ2v) is 4.50. The molecule has 0 aromatic heterocycles. The smallest absolute Gasteiger partial charge is 0.320 e. The van der Waals surface area contributed by atoms with Crippen LogP contribution in [0.5, 0.6) is 0 Å². The highest BCUT2D eigenvalue weighted by Gasteiger charge is 2.12. The monoisotopic (exact) mass is 316 g/mol. The first kappa shape index (κ1) is 17.7. The summed E-state index contributed by atoms with van der Waals surface area (Å²) < 4.78 is 5.15. The van der Waals surface area contributed by atoms with Gasteiger partial charge in [-0.1, -0.05) is 60.7 Å². The lowest BCUT2D eigenvalue weighted by molar-refractivity contribution is -0.143. The summed E-state index contributed by atoms with van der Waals surface area (Å²) in [5, 5.41) is 12.0. The SMILES string of the molecule is Cl.N#CC(NCC(=O)OCc1ccccc1)c1ccccc1. The van der Waals surface area contributed by atoms with E-state index in [9.17, 15) is 4.79 Å². The van der Waals surface area contributed by atoms with Crippen LogP contribution in [0.15, 0.2) is 60.7 Å². The van der Waals surface area contributed by atoms with Crippen LogP contribution in [0.3, 0.4) is 0 Å². The third-order valence-electron chi connectivity index (χ3n) is 2.96. The van der Waals surface area contributed by atoms with Gasteiger partial charge in [0.25, 0.3) is 0 Å². The molecule has 4 nitrogen and oxygen atoms in total. The molecule has 5 heteroatoms. The van der Waals surface area contributed by atoms with Crippen molar-refractivity contribution in [3.8, 4) is 6.07 Å². The summed E-state index contributed by atoms with van der Waals surface area (Å²) in [6.07, 6.45) is 0. The number of esters is 1. The number of hydrogen-bond donors (Lipinski definition) is 1. The van der Waals surface area contributed by atoms with E-state index in [-0.39, 0.29) is 31.5 Å². The average Bonchev–Trinajstić information content (AvgIpc) is 2.55. The molecular weight excluding hydrogens is 300 g/mol. The van der Waals surface area contributed by atoms with Crippen LogP contribution in [0.2, 0.25) is 0 Å². The number of carbonyl (C=O) groups excluding carboxylic acids is 1. The summed E-state index contributed by atoms with van der Waals surface area (Å²) in [6.45, 7) is 0.240. The number of rotatable bonds is 6. The number of nitriles is 1. The fraction of sp³-hybridized carbons (Fsp3) is 0.176. The van der Waals surface area contributed by atoms with E-state index >= 15 is 0 Å². The Morgan fingerprint density at radius 3 is 2.27 bits per heavy atom. The van der Waals surface area contributed by atoms with E-state index in [0.717, 1.165) is 11.1 Å². The van der Waals surface area contributed by atoms with Crippen LogP contribution in [-0.2, 0) is 16.1 Å². The second-order valence-electron chi connectivity index (χ2n) is 4.50. The summed E-state index contributed by atoms with van der Waals surface area (Å²) in [4.78, 5) is 11.7. The summed E-state index contributed by atoms with van der Waals surface area (Å²) >= 11 is 0. The van der Waals surface area contributed by atoms with Gasteiger partial charge in [0.15, 0.2) is 0 Å². The normalized spacial score (nSPS) is 10.9. The van der Waals surface area contributed by atoms with Crippen LogP contribution in [0.4, 0.5) is 0 Å². The molecular formula is C17H17ClN2O2. The number of hydrogen-bond acceptors (Lipinski definition) is 4. The van der Waals surface area contributed by atoms with Crippen molar-refractivity contribution >= 4 is 18.4 Å². The topological polar surface area (TPSA) is 62.1 Å². The Balaban J connectivity index is 0.00000242. The van der Waals surface area contributed by atoms with Gasteiger partial charge in [0.05, 0.1) is 12.6 Å². The number of nitrogens with zero attached hydrogens (tertiary/aromatic N) is 1. The lowest BCUT2D eigenvalue weighted by atomic mass is 10.1. The van der Waals surface area contributed by atoms with E-state index in [1.807, 2.05) is 60.7 Å². The van der Waals surface area contributed by atoms with Crippen LogP contribution >= 0.6 is 12.4 Å². The molecule has 2 aromatic carbocycles. The molecule has 0 spiro atoms. The van der Waals surface area contributed by atoms with Crippen LogP contribution in [0.1, 0.15) is 17.2 Å². The predicted octanol–water partition coefficient (Wildman–Crippen LogP) is 3.01. The zero-order valence-electron chi connectivity index (χ0n) is 11.9. The fourth-order valence-corrected chi connectivity index (χ4v) is 1.86. The van der Waals surface area contributed by atoms with Crippen LogP contribution < -0.4 is 5.32 Å². The molecule has 0 saturated carbocycles. The van der Waals surface area contributed by atoms with E-state index in [1.54, 1.807) is 0 Å². The minimum atomic E-state index is -0.518. The zero-order chi connectivity index (χ0) is 14.9. The maximum atomic E-state index is 11.7. The molecule has 1 unspecified atom stereocenters. The Morgan fingerprint density at radius 2 is 1.68 bits per heavy atom. The molecule has 1 N–H and O–H groups in total. The Kier molecular flexibility index (Phi) is 7.69. The third kappa shape index (κ3) is 5.57. The Hall–Kier alpha value is -2.35. The number of benzene rings is 2. The van der Waals surface area contributed by atoms with Crippen molar-refractivity contribution in [2.75, 3.05) is 6.54 Å². The van der Waals surface area contributed by atoms with Crippen molar-refractivity contribution < 1.29 is 9.53 Å². The van der Waals surface area contributed by atoms with Crippen molar-refractivity contribution in [1.29, 1.82) is 5.26 Å². The van der Waals surface area contributed by atoms with Crippen LogP contribution in [-0.4, -0.2) is 12.5 Å². The molecule has 0 aliphatic carbocycles. The summed E-state index contributed by atoms with van der Waals surface area (Å²) in [5.41, 5.74) is 1.77. The standard InChI is InChI=1S/C17H16N2O2.ClH/c18-11-16(15-9-5-2-6-10-15)19-12-17(20)21-13-14-7-3-1-4-8-14;/h1-10,16,19H,12-13H2;1H. The first-order chi connectivity index (χ1) is 10.3. The molecule has 0 bridgehead atoms. The third-order valence-corrected chi connectivity index (χ3v) is 2.96. The summed E-state index contributed by atoms with van der Waals surface area (Å²) in [7, 11) is 0. The van der Waals surface area contributed by atoms with Crippen molar-refractivity contribution in [1.82, 2.24) is 5.32 Å².